The summed E-state index contributed by atoms with van der Waals surface area (Å²) in [6, 6.07) is 11.5. The van der Waals surface area contributed by atoms with Crippen LogP contribution in [0.5, 0.6) is 11.6 Å². The molecule has 0 saturated heterocycles. The van der Waals surface area contributed by atoms with E-state index in [2.05, 4.69) is 28.3 Å². The van der Waals surface area contributed by atoms with E-state index in [1.165, 1.54) is 5.56 Å². The van der Waals surface area contributed by atoms with Crippen LogP contribution in [-0.2, 0) is 17.8 Å². The Balaban J connectivity index is 1.32. The molecular formula is C22H25N5O3. The lowest BCUT2D eigenvalue weighted by atomic mass is 10.1. The summed E-state index contributed by atoms with van der Waals surface area (Å²) in [5, 5.41) is 12.6. The number of amides is 1. The summed E-state index contributed by atoms with van der Waals surface area (Å²) in [4.78, 5) is 14.1. The summed E-state index contributed by atoms with van der Waals surface area (Å²) < 4.78 is 13.0. The predicted molar refractivity (Wildman–Crippen MR) is 111 cm³/mol. The van der Waals surface area contributed by atoms with Crippen LogP contribution in [0.2, 0.25) is 0 Å². The first kappa shape index (κ1) is 19.9. The first-order valence-corrected chi connectivity index (χ1v) is 9.91. The maximum absolute atomic E-state index is 12.5. The van der Waals surface area contributed by atoms with Gasteiger partial charge in [0.2, 0.25) is 5.88 Å². The van der Waals surface area contributed by atoms with Crippen molar-refractivity contribution < 1.29 is 14.3 Å². The molecule has 1 amide bonds. The van der Waals surface area contributed by atoms with Crippen molar-refractivity contribution in [3.8, 4) is 17.4 Å². The normalized spacial score (nSPS) is 14.9. The van der Waals surface area contributed by atoms with Crippen molar-refractivity contribution in [1.29, 1.82) is 0 Å². The average molecular weight is 407 g/mol. The van der Waals surface area contributed by atoms with Crippen molar-refractivity contribution >= 4 is 5.91 Å². The van der Waals surface area contributed by atoms with E-state index >= 15 is 0 Å². The summed E-state index contributed by atoms with van der Waals surface area (Å²) >= 11 is 0. The maximum atomic E-state index is 12.5. The molecule has 0 N–H and O–H groups in total. The van der Waals surface area contributed by atoms with E-state index < -0.39 is 0 Å². The van der Waals surface area contributed by atoms with E-state index in [1.54, 1.807) is 28.8 Å². The number of carbonyl (C=O) groups excluding carboxylic acids is 1. The van der Waals surface area contributed by atoms with E-state index in [-0.39, 0.29) is 18.6 Å². The van der Waals surface area contributed by atoms with Crippen molar-refractivity contribution in [2.45, 2.75) is 39.8 Å². The van der Waals surface area contributed by atoms with Gasteiger partial charge < -0.3 is 14.4 Å². The van der Waals surface area contributed by atoms with Crippen LogP contribution in [0.1, 0.15) is 29.4 Å². The van der Waals surface area contributed by atoms with Crippen molar-refractivity contribution in [2.24, 2.45) is 0 Å². The number of likely N-dealkylation sites (N-methyl/N-ethyl adjacent to an activating group) is 1. The largest absolute Gasteiger partial charge is 0.490 e. The second kappa shape index (κ2) is 8.14. The van der Waals surface area contributed by atoms with Gasteiger partial charge in [-0.25, -0.2) is 4.68 Å². The maximum Gasteiger partial charge on any atom is 0.260 e. The number of nitrogens with zero attached hydrogens (tertiary/aromatic N) is 5. The fourth-order valence-corrected chi connectivity index (χ4v) is 3.55. The van der Waals surface area contributed by atoms with E-state index in [0.717, 1.165) is 29.1 Å². The molecular weight excluding hydrogens is 382 g/mol. The topological polar surface area (TPSA) is 82.4 Å². The van der Waals surface area contributed by atoms with E-state index in [9.17, 15) is 4.79 Å². The molecule has 0 aliphatic carbocycles. The first-order valence-electron chi connectivity index (χ1n) is 9.91. The molecule has 0 unspecified atom stereocenters. The zero-order valence-corrected chi connectivity index (χ0v) is 17.6. The van der Waals surface area contributed by atoms with Gasteiger partial charge in [-0.1, -0.05) is 12.1 Å². The summed E-state index contributed by atoms with van der Waals surface area (Å²) in [5.74, 6) is 1.70. The molecule has 0 fully saturated rings. The minimum Gasteiger partial charge on any atom is -0.490 e. The van der Waals surface area contributed by atoms with E-state index in [1.807, 2.05) is 32.0 Å². The highest BCUT2D eigenvalue weighted by Crippen LogP contribution is 2.29. The molecule has 1 aliphatic heterocycles. The van der Waals surface area contributed by atoms with Gasteiger partial charge in [0.25, 0.3) is 5.91 Å². The molecule has 8 nitrogen and oxygen atoms in total. The molecule has 1 aromatic carbocycles. The molecule has 2 aromatic heterocycles. The Hall–Kier alpha value is -3.42. The fraction of sp³-hybridized carbons (Fsp3) is 0.364. The number of ether oxygens (including phenoxy) is 2. The van der Waals surface area contributed by atoms with Crippen LogP contribution < -0.4 is 9.47 Å². The van der Waals surface area contributed by atoms with Crippen LogP contribution in [0.15, 0.2) is 36.4 Å². The molecule has 0 radical (unpaired) electrons. The van der Waals surface area contributed by atoms with Gasteiger partial charge in [0.05, 0.1) is 5.69 Å². The van der Waals surface area contributed by atoms with Crippen molar-refractivity contribution in [1.82, 2.24) is 24.9 Å². The molecule has 4 rings (SSSR count). The van der Waals surface area contributed by atoms with Gasteiger partial charge in [-0.05, 0) is 50.1 Å². The Bertz CT molecular complexity index is 1060. The second-order valence-electron chi connectivity index (χ2n) is 7.68. The van der Waals surface area contributed by atoms with Gasteiger partial charge >= 0.3 is 0 Å². The zero-order chi connectivity index (χ0) is 21.3. The van der Waals surface area contributed by atoms with Crippen LogP contribution >= 0.6 is 0 Å². The van der Waals surface area contributed by atoms with Crippen LogP contribution in [0.25, 0.3) is 5.82 Å². The van der Waals surface area contributed by atoms with Gasteiger partial charge in [-0.2, -0.15) is 5.10 Å². The highest BCUT2D eigenvalue weighted by Gasteiger charge is 2.19. The van der Waals surface area contributed by atoms with Gasteiger partial charge in [-0.15, -0.1) is 10.2 Å². The Morgan fingerprint density at radius 3 is 2.77 bits per heavy atom. The quantitative estimate of drug-likeness (QED) is 0.625. The molecule has 1 atom stereocenters. The van der Waals surface area contributed by atoms with Gasteiger partial charge in [0.1, 0.15) is 11.9 Å². The van der Waals surface area contributed by atoms with Gasteiger partial charge in [-0.3, -0.25) is 4.79 Å². The second-order valence-corrected chi connectivity index (χ2v) is 7.68. The number of benzene rings is 1. The standard InChI is InChI=1S/C22H25N5O3/c1-14-9-15(2)27(25-14)20-7-8-21(24-23-20)29-13-22(28)26(4)12-17-5-6-19-18(11-17)10-16(3)30-19/h5-9,11,16H,10,12-13H2,1-4H3/t16-/m1/s1. The van der Waals surface area contributed by atoms with E-state index in [0.29, 0.717) is 18.2 Å². The van der Waals surface area contributed by atoms with Crippen LogP contribution in [-0.4, -0.2) is 50.5 Å². The smallest absolute Gasteiger partial charge is 0.260 e. The fourth-order valence-electron chi connectivity index (χ4n) is 3.55. The molecule has 156 valence electrons. The molecule has 0 saturated carbocycles. The van der Waals surface area contributed by atoms with Crippen LogP contribution in [0.4, 0.5) is 0 Å². The monoisotopic (exact) mass is 407 g/mol. The van der Waals surface area contributed by atoms with Crippen LogP contribution in [0, 0.1) is 13.8 Å². The number of fused-ring (bicyclic) bond motifs is 1. The van der Waals surface area contributed by atoms with Gasteiger partial charge in [0, 0.05) is 31.8 Å². The third kappa shape index (κ3) is 4.27. The molecule has 8 heteroatoms. The zero-order valence-electron chi connectivity index (χ0n) is 17.6. The summed E-state index contributed by atoms with van der Waals surface area (Å²) in [7, 11) is 1.76. The highest BCUT2D eigenvalue weighted by molar-refractivity contribution is 5.77. The molecule has 1 aliphatic rings. The SMILES string of the molecule is Cc1cc(C)n(-c2ccc(OCC(=O)N(C)Cc3ccc4c(c3)C[C@@H](C)O4)nn2)n1. The summed E-state index contributed by atoms with van der Waals surface area (Å²) in [5.41, 5.74) is 4.14. The number of aromatic nitrogens is 4. The number of hydrogen-bond donors (Lipinski definition) is 0. The molecule has 0 bridgehead atoms. The summed E-state index contributed by atoms with van der Waals surface area (Å²) in [6.07, 6.45) is 1.10. The summed E-state index contributed by atoms with van der Waals surface area (Å²) in [6.45, 7) is 6.34. The van der Waals surface area contributed by atoms with Crippen molar-refractivity contribution in [3.05, 3.63) is 58.9 Å². The highest BCUT2D eigenvalue weighted by atomic mass is 16.5. The Kier molecular flexibility index (Phi) is 5.39. The van der Waals surface area contributed by atoms with Crippen molar-refractivity contribution in [3.63, 3.8) is 0 Å². The van der Waals surface area contributed by atoms with Gasteiger partial charge in [0.15, 0.2) is 12.4 Å². The lowest BCUT2D eigenvalue weighted by Crippen LogP contribution is -2.31. The Labute approximate surface area is 175 Å². The van der Waals surface area contributed by atoms with E-state index in [4.69, 9.17) is 9.47 Å². The lowest BCUT2D eigenvalue weighted by molar-refractivity contribution is -0.132. The minimum absolute atomic E-state index is 0.102. The molecule has 0 spiro atoms. The number of hydrogen-bond acceptors (Lipinski definition) is 6. The van der Waals surface area contributed by atoms with Crippen molar-refractivity contribution in [2.75, 3.05) is 13.7 Å². The van der Waals surface area contributed by atoms with Crippen LogP contribution in [0.3, 0.4) is 0 Å². The number of rotatable bonds is 6. The molecule has 30 heavy (non-hydrogen) atoms. The third-order valence-electron chi connectivity index (χ3n) is 5.00. The predicted octanol–water partition coefficient (Wildman–Crippen LogP) is 2.64. The lowest BCUT2D eigenvalue weighted by Gasteiger charge is -2.17. The molecule has 3 heterocycles. The Morgan fingerprint density at radius 2 is 2.07 bits per heavy atom. The number of aryl methyl sites for hydroxylation is 2. The average Bonchev–Trinajstić information content (AvgIpc) is 3.26. The number of carbonyl (C=O) groups is 1. The third-order valence-corrected chi connectivity index (χ3v) is 5.00. The minimum atomic E-state index is -0.135. The first-order chi connectivity index (χ1) is 14.4. The molecule has 3 aromatic rings. The Morgan fingerprint density at radius 1 is 1.23 bits per heavy atom.